The Labute approximate surface area is 116 Å². The van der Waals surface area contributed by atoms with Gasteiger partial charge in [0.1, 0.15) is 6.54 Å². The fraction of sp³-hybridized carbons (Fsp3) is 0.429. The van der Waals surface area contributed by atoms with E-state index >= 15 is 0 Å². The second-order valence-electron chi connectivity index (χ2n) is 5.11. The zero-order chi connectivity index (χ0) is 13.4. The van der Waals surface area contributed by atoms with E-state index in [4.69, 9.17) is 11.6 Å². The van der Waals surface area contributed by atoms with E-state index in [1.54, 1.807) is 23.1 Å². The molecular formula is C14H15ClN2O2. The van der Waals surface area contributed by atoms with Crippen molar-refractivity contribution >= 4 is 29.1 Å². The molecule has 1 fully saturated rings. The number of halogens is 1. The van der Waals surface area contributed by atoms with E-state index < -0.39 is 0 Å². The number of carbonyl (C=O) groups is 2. The van der Waals surface area contributed by atoms with Gasteiger partial charge in [-0.3, -0.25) is 9.59 Å². The number of benzene rings is 1. The van der Waals surface area contributed by atoms with Gasteiger partial charge in [-0.1, -0.05) is 24.4 Å². The lowest BCUT2D eigenvalue weighted by Crippen LogP contribution is -2.41. The molecule has 2 aliphatic rings. The number of nitrogens with one attached hydrogen (secondary N) is 1. The zero-order valence-corrected chi connectivity index (χ0v) is 11.2. The Bertz CT molecular complexity index is 538. The molecule has 0 bridgehead atoms. The highest BCUT2D eigenvalue weighted by atomic mass is 35.5. The first kappa shape index (κ1) is 12.5. The first-order chi connectivity index (χ1) is 9.15. The van der Waals surface area contributed by atoms with Gasteiger partial charge in [0.2, 0.25) is 5.91 Å². The predicted octanol–water partition coefficient (Wildman–Crippen LogP) is 2.68. The molecule has 0 radical (unpaired) electrons. The Hall–Kier alpha value is -1.55. The van der Waals surface area contributed by atoms with E-state index in [0.29, 0.717) is 16.3 Å². The molecule has 0 spiro atoms. The van der Waals surface area contributed by atoms with Gasteiger partial charge in [-0.25, -0.2) is 0 Å². The van der Waals surface area contributed by atoms with Gasteiger partial charge in [0.05, 0.1) is 11.3 Å². The lowest BCUT2D eigenvalue weighted by atomic mass is 10.1. The van der Waals surface area contributed by atoms with Crippen LogP contribution < -0.4 is 5.32 Å². The van der Waals surface area contributed by atoms with Crippen LogP contribution in [-0.4, -0.2) is 29.3 Å². The molecule has 1 aromatic rings. The summed E-state index contributed by atoms with van der Waals surface area (Å²) in [6, 6.07) is 5.18. The number of hydrogen-bond acceptors (Lipinski definition) is 2. The quantitative estimate of drug-likeness (QED) is 0.859. The van der Waals surface area contributed by atoms with Crippen molar-refractivity contribution in [3.05, 3.63) is 28.8 Å². The van der Waals surface area contributed by atoms with Crippen molar-refractivity contribution in [1.29, 1.82) is 0 Å². The van der Waals surface area contributed by atoms with Crippen LogP contribution in [0, 0.1) is 0 Å². The van der Waals surface area contributed by atoms with Crippen molar-refractivity contribution in [2.45, 2.75) is 31.7 Å². The van der Waals surface area contributed by atoms with E-state index in [2.05, 4.69) is 5.32 Å². The summed E-state index contributed by atoms with van der Waals surface area (Å²) >= 11 is 5.96. The van der Waals surface area contributed by atoms with Crippen LogP contribution in [0.4, 0.5) is 5.69 Å². The lowest BCUT2D eigenvalue weighted by Gasteiger charge is -2.26. The Morgan fingerprint density at radius 1 is 1.21 bits per heavy atom. The van der Waals surface area contributed by atoms with Gasteiger partial charge >= 0.3 is 0 Å². The van der Waals surface area contributed by atoms with Crippen molar-refractivity contribution < 1.29 is 9.59 Å². The standard InChI is InChI=1S/C14H15ClN2O2/c15-9-5-6-12-11(7-9)14(19)17(8-13(18)16-12)10-3-1-2-4-10/h5-7,10H,1-4,8H2,(H,16,18). The molecule has 1 heterocycles. The van der Waals surface area contributed by atoms with Crippen LogP contribution in [0.5, 0.6) is 0 Å². The molecule has 19 heavy (non-hydrogen) atoms. The van der Waals surface area contributed by atoms with Crippen LogP contribution in [-0.2, 0) is 4.79 Å². The zero-order valence-electron chi connectivity index (χ0n) is 10.5. The molecule has 0 aromatic heterocycles. The Kier molecular flexibility index (Phi) is 3.19. The van der Waals surface area contributed by atoms with E-state index in [1.165, 1.54) is 0 Å². The van der Waals surface area contributed by atoms with Gasteiger partial charge in [-0.15, -0.1) is 0 Å². The molecule has 0 unspecified atom stereocenters. The summed E-state index contributed by atoms with van der Waals surface area (Å²) in [6.45, 7) is 0.135. The van der Waals surface area contributed by atoms with E-state index in [0.717, 1.165) is 25.7 Å². The normalized spacial score (nSPS) is 20.2. The average Bonchev–Trinajstić information content (AvgIpc) is 2.87. The van der Waals surface area contributed by atoms with Crippen LogP contribution in [0.25, 0.3) is 0 Å². The van der Waals surface area contributed by atoms with Crippen molar-refractivity contribution in [3.8, 4) is 0 Å². The van der Waals surface area contributed by atoms with Gasteiger partial charge in [-0.2, -0.15) is 0 Å². The Morgan fingerprint density at radius 3 is 2.68 bits per heavy atom. The minimum Gasteiger partial charge on any atom is -0.326 e. The van der Waals surface area contributed by atoms with Crippen LogP contribution >= 0.6 is 11.6 Å². The third-order valence-electron chi connectivity index (χ3n) is 3.83. The van der Waals surface area contributed by atoms with Crippen LogP contribution in [0.15, 0.2) is 18.2 Å². The molecule has 3 rings (SSSR count). The summed E-state index contributed by atoms with van der Waals surface area (Å²) in [5.41, 5.74) is 1.05. The molecule has 0 atom stereocenters. The van der Waals surface area contributed by atoms with Crippen molar-refractivity contribution in [2.75, 3.05) is 11.9 Å². The summed E-state index contributed by atoms with van der Waals surface area (Å²) in [7, 11) is 0. The minimum absolute atomic E-state index is 0.0947. The maximum absolute atomic E-state index is 12.6. The molecule has 0 saturated heterocycles. The molecule has 1 aliphatic heterocycles. The number of nitrogens with zero attached hydrogens (tertiary/aromatic N) is 1. The topological polar surface area (TPSA) is 49.4 Å². The van der Waals surface area contributed by atoms with Gasteiger partial charge in [0, 0.05) is 11.1 Å². The fourth-order valence-corrected chi connectivity index (χ4v) is 3.06. The molecular weight excluding hydrogens is 264 g/mol. The predicted molar refractivity (Wildman–Crippen MR) is 73.4 cm³/mol. The fourth-order valence-electron chi connectivity index (χ4n) is 2.88. The molecule has 4 nitrogen and oxygen atoms in total. The number of rotatable bonds is 1. The van der Waals surface area contributed by atoms with Gasteiger partial charge < -0.3 is 10.2 Å². The second kappa shape index (κ2) is 4.85. The largest absolute Gasteiger partial charge is 0.326 e. The Balaban J connectivity index is 2.00. The Morgan fingerprint density at radius 2 is 1.95 bits per heavy atom. The molecule has 100 valence electrons. The maximum Gasteiger partial charge on any atom is 0.256 e. The van der Waals surface area contributed by atoms with E-state index in [1.807, 2.05) is 0 Å². The molecule has 2 amide bonds. The second-order valence-corrected chi connectivity index (χ2v) is 5.55. The third kappa shape index (κ3) is 2.32. The van der Waals surface area contributed by atoms with Gasteiger partial charge in [0.25, 0.3) is 5.91 Å². The van der Waals surface area contributed by atoms with Crippen LogP contribution in [0.2, 0.25) is 5.02 Å². The number of fused-ring (bicyclic) bond motifs is 1. The summed E-state index contributed by atoms with van der Waals surface area (Å²) in [5, 5.41) is 3.28. The third-order valence-corrected chi connectivity index (χ3v) is 4.06. The number of anilines is 1. The van der Waals surface area contributed by atoms with Gasteiger partial charge in [0.15, 0.2) is 0 Å². The summed E-state index contributed by atoms with van der Waals surface area (Å²) < 4.78 is 0. The molecule has 5 heteroatoms. The SMILES string of the molecule is O=C1CN(C2CCCC2)C(=O)c2cc(Cl)ccc2N1. The molecule has 1 N–H and O–H groups in total. The average molecular weight is 279 g/mol. The smallest absolute Gasteiger partial charge is 0.256 e. The summed E-state index contributed by atoms with van der Waals surface area (Å²) in [5.74, 6) is -0.232. The lowest BCUT2D eigenvalue weighted by molar-refractivity contribution is -0.117. The number of carbonyl (C=O) groups excluding carboxylic acids is 2. The maximum atomic E-state index is 12.6. The van der Waals surface area contributed by atoms with Crippen LogP contribution in [0.1, 0.15) is 36.0 Å². The first-order valence-electron chi connectivity index (χ1n) is 6.55. The number of hydrogen-bond donors (Lipinski definition) is 1. The van der Waals surface area contributed by atoms with E-state index in [-0.39, 0.29) is 24.4 Å². The monoisotopic (exact) mass is 278 g/mol. The van der Waals surface area contributed by atoms with Crippen molar-refractivity contribution in [3.63, 3.8) is 0 Å². The van der Waals surface area contributed by atoms with Gasteiger partial charge in [-0.05, 0) is 31.0 Å². The highest BCUT2D eigenvalue weighted by Crippen LogP contribution is 2.29. The molecule has 1 aromatic carbocycles. The minimum atomic E-state index is -0.138. The molecule has 1 saturated carbocycles. The van der Waals surface area contributed by atoms with Crippen LogP contribution in [0.3, 0.4) is 0 Å². The highest BCUT2D eigenvalue weighted by Gasteiger charge is 2.32. The highest BCUT2D eigenvalue weighted by molar-refractivity contribution is 6.31. The summed E-state index contributed by atoms with van der Waals surface area (Å²) in [6.07, 6.45) is 4.21. The summed E-state index contributed by atoms with van der Waals surface area (Å²) in [4.78, 5) is 26.2. The van der Waals surface area contributed by atoms with E-state index in [9.17, 15) is 9.59 Å². The molecule has 1 aliphatic carbocycles. The van der Waals surface area contributed by atoms with Crippen molar-refractivity contribution in [2.24, 2.45) is 0 Å². The first-order valence-corrected chi connectivity index (χ1v) is 6.93. The number of amides is 2. The van der Waals surface area contributed by atoms with Crippen molar-refractivity contribution in [1.82, 2.24) is 4.90 Å².